The lowest BCUT2D eigenvalue weighted by Crippen LogP contribution is -2.15. The van der Waals surface area contributed by atoms with E-state index in [1.54, 1.807) is 18.2 Å². The largest absolute Gasteiger partial charge is 0.319 e. The van der Waals surface area contributed by atoms with E-state index in [0.717, 1.165) is 6.20 Å². The number of nitrogens with one attached hydrogen (secondary N) is 2. The number of hydrogen-bond acceptors (Lipinski definition) is 6. The first-order valence-corrected chi connectivity index (χ1v) is 7.52. The first-order chi connectivity index (χ1) is 12.0. The average molecular weight is 382 g/mol. The molecule has 12 heteroatoms. The number of rotatable bonds is 5. The summed E-state index contributed by atoms with van der Waals surface area (Å²) in [4.78, 5) is 26.1. The number of H-pyrrole nitrogens is 1. The second-order valence-electron chi connectivity index (χ2n) is 4.81. The molecule has 0 radical (unpaired) electrons. The Balaban J connectivity index is 1.75. The molecular formula is C13H9Cl2N7O3. The van der Waals surface area contributed by atoms with Crippen molar-refractivity contribution >= 4 is 40.7 Å². The van der Waals surface area contributed by atoms with E-state index in [1.165, 1.54) is 11.0 Å². The molecule has 0 spiro atoms. The Morgan fingerprint density at radius 3 is 2.76 bits per heavy atom. The number of nitro groups is 1. The molecule has 0 fully saturated rings. The van der Waals surface area contributed by atoms with Crippen LogP contribution in [-0.4, -0.2) is 35.8 Å². The van der Waals surface area contributed by atoms with E-state index in [9.17, 15) is 14.9 Å². The van der Waals surface area contributed by atoms with Crippen LogP contribution in [0.3, 0.4) is 0 Å². The fourth-order valence-corrected chi connectivity index (χ4v) is 2.54. The maximum Gasteiger partial charge on any atom is 0.319 e. The number of carbonyl (C=O) groups is 1. The molecule has 10 nitrogen and oxygen atoms in total. The second-order valence-corrected chi connectivity index (χ2v) is 5.62. The zero-order chi connectivity index (χ0) is 18.0. The van der Waals surface area contributed by atoms with Gasteiger partial charge in [0.1, 0.15) is 12.5 Å². The molecule has 0 saturated carbocycles. The lowest BCUT2D eigenvalue weighted by Gasteiger charge is -2.06. The number of hydrogen-bond donors (Lipinski definition) is 2. The second kappa shape index (κ2) is 6.87. The van der Waals surface area contributed by atoms with Gasteiger partial charge in [0.2, 0.25) is 11.6 Å². The third kappa shape index (κ3) is 3.59. The van der Waals surface area contributed by atoms with Gasteiger partial charge in [-0.25, -0.2) is 9.67 Å². The van der Waals surface area contributed by atoms with Gasteiger partial charge >= 0.3 is 5.69 Å². The highest BCUT2D eigenvalue weighted by molar-refractivity contribution is 6.35. The van der Waals surface area contributed by atoms with Crippen LogP contribution in [0.5, 0.6) is 0 Å². The number of aromatic nitrogens is 5. The summed E-state index contributed by atoms with van der Waals surface area (Å²) in [5.74, 6) is -0.810. The molecule has 0 aliphatic carbocycles. The quantitative estimate of drug-likeness (QED) is 0.515. The molecule has 0 saturated heterocycles. The molecule has 1 amide bonds. The van der Waals surface area contributed by atoms with Crippen LogP contribution < -0.4 is 5.32 Å². The van der Waals surface area contributed by atoms with Crippen molar-refractivity contribution in [3.8, 4) is 0 Å². The standard InChI is InChI=1S/C13H9Cl2N7O3/c14-8-2-1-3-9(15)7(8)5-21-6-16-13(20-21)18-12(23)11-10(22(24)25)4-17-19-11/h1-4,6H,5H2,(H,17,19)(H,18,20,23). The highest BCUT2D eigenvalue weighted by atomic mass is 35.5. The van der Waals surface area contributed by atoms with Crippen LogP contribution in [0, 0.1) is 10.1 Å². The minimum atomic E-state index is -0.780. The van der Waals surface area contributed by atoms with E-state index in [0.29, 0.717) is 15.6 Å². The van der Waals surface area contributed by atoms with Gasteiger partial charge in [-0.05, 0) is 12.1 Å². The summed E-state index contributed by atoms with van der Waals surface area (Å²) < 4.78 is 1.42. The fraction of sp³-hybridized carbons (Fsp3) is 0.0769. The molecule has 128 valence electrons. The number of aromatic amines is 1. The van der Waals surface area contributed by atoms with Gasteiger partial charge in [0.15, 0.2) is 0 Å². The van der Waals surface area contributed by atoms with E-state index in [1.807, 2.05) is 0 Å². The molecule has 0 aliphatic heterocycles. The third-order valence-corrected chi connectivity index (χ3v) is 3.89. The maximum absolute atomic E-state index is 12.1. The van der Waals surface area contributed by atoms with Gasteiger partial charge in [0, 0.05) is 15.6 Å². The minimum Gasteiger partial charge on any atom is -0.288 e. The van der Waals surface area contributed by atoms with Crippen LogP contribution in [0.25, 0.3) is 0 Å². The first-order valence-electron chi connectivity index (χ1n) is 6.77. The van der Waals surface area contributed by atoms with Crippen molar-refractivity contribution in [2.45, 2.75) is 6.54 Å². The van der Waals surface area contributed by atoms with E-state index in [-0.39, 0.29) is 18.2 Å². The molecular weight excluding hydrogens is 373 g/mol. The van der Waals surface area contributed by atoms with Crippen LogP contribution in [0.15, 0.2) is 30.7 Å². The lowest BCUT2D eigenvalue weighted by atomic mass is 10.2. The zero-order valence-corrected chi connectivity index (χ0v) is 13.8. The van der Waals surface area contributed by atoms with Crippen molar-refractivity contribution in [3.05, 3.63) is 62.1 Å². The maximum atomic E-state index is 12.1. The van der Waals surface area contributed by atoms with Crippen LogP contribution in [0.2, 0.25) is 10.0 Å². The van der Waals surface area contributed by atoms with E-state index in [4.69, 9.17) is 23.2 Å². The van der Waals surface area contributed by atoms with Gasteiger partial charge in [-0.15, -0.1) is 5.10 Å². The van der Waals surface area contributed by atoms with Crippen LogP contribution in [0.4, 0.5) is 11.6 Å². The average Bonchev–Trinajstić information content (AvgIpc) is 3.20. The normalized spacial score (nSPS) is 10.6. The van der Waals surface area contributed by atoms with Gasteiger partial charge in [-0.3, -0.25) is 25.3 Å². The molecule has 25 heavy (non-hydrogen) atoms. The smallest absolute Gasteiger partial charge is 0.288 e. The number of benzene rings is 1. The first kappa shape index (κ1) is 16.9. The Morgan fingerprint density at radius 1 is 1.36 bits per heavy atom. The molecule has 3 aromatic rings. The highest BCUT2D eigenvalue weighted by Gasteiger charge is 2.23. The molecule has 1 aromatic carbocycles. The predicted octanol–water partition coefficient (Wildman–Crippen LogP) is 2.52. The summed E-state index contributed by atoms with van der Waals surface area (Å²) in [5.41, 5.74) is -0.0897. The Labute approximate surface area is 149 Å². The molecule has 0 aliphatic rings. The van der Waals surface area contributed by atoms with Gasteiger partial charge in [0.25, 0.3) is 5.91 Å². The van der Waals surface area contributed by atoms with Crippen molar-refractivity contribution < 1.29 is 9.72 Å². The Morgan fingerprint density at radius 2 is 2.08 bits per heavy atom. The number of amides is 1. The molecule has 0 bridgehead atoms. The number of nitrogens with zero attached hydrogens (tertiary/aromatic N) is 5. The Bertz CT molecular complexity index is 933. The summed E-state index contributed by atoms with van der Waals surface area (Å²) in [6.45, 7) is 0.242. The van der Waals surface area contributed by atoms with Crippen molar-refractivity contribution in [2.75, 3.05) is 5.32 Å². The molecule has 2 N–H and O–H groups in total. The monoisotopic (exact) mass is 381 g/mol. The van der Waals surface area contributed by atoms with Crippen molar-refractivity contribution in [1.82, 2.24) is 25.0 Å². The lowest BCUT2D eigenvalue weighted by molar-refractivity contribution is -0.385. The summed E-state index contributed by atoms with van der Waals surface area (Å²) in [6.07, 6.45) is 2.32. The topological polar surface area (TPSA) is 132 Å². The van der Waals surface area contributed by atoms with Crippen molar-refractivity contribution in [3.63, 3.8) is 0 Å². The van der Waals surface area contributed by atoms with Crippen molar-refractivity contribution in [2.24, 2.45) is 0 Å². The fourth-order valence-electron chi connectivity index (χ4n) is 2.02. The summed E-state index contributed by atoms with van der Waals surface area (Å²) in [6, 6.07) is 5.11. The van der Waals surface area contributed by atoms with E-state index >= 15 is 0 Å². The summed E-state index contributed by atoms with van der Waals surface area (Å²) in [5, 5.41) is 23.9. The molecule has 0 unspecified atom stereocenters. The van der Waals surface area contributed by atoms with Gasteiger partial charge in [0.05, 0.1) is 11.5 Å². The SMILES string of the molecule is O=C(Nc1ncn(Cc2c(Cl)cccc2Cl)n1)c1[nH]ncc1[N+](=O)[O-]. The van der Waals surface area contributed by atoms with Gasteiger partial charge in [-0.1, -0.05) is 29.3 Å². The minimum absolute atomic E-state index is 0.0305. The summed E-state index contributed by atoms with van der Waals surface area (Å²) in [7, 11) is 0. The highest BCUT2D eigenvalue weighted by Crippen LogP contribution is 2.25. The van der Waals surface area contributed by atoms with Gasteiger partial charge in [-0.2, -0.15) is 5.10 Å². The van der Waals surface area contributed by atoms with Crippen molar-refractivity contribution in [1.29, 1.82) is 0 Å². The predicted molar refractivity (Wildman–Crippen MR) is 88.8 cm³/mol. The third-order valence-electron chi connectivity index (χ3n) is 3.19. The van der Waals surface area contributed by atoms with Crippen LogP contribution in [-0.2, 0) is 6.54 Å². The number of anilines is 1. The Hall–Kier alpha value is -2.98. The zero-order valence-electron chi connectivity index (χ0n) is 12.3. The summed E-state index contributed by atoms with van der Waals surface area (Å²) >= 11 is 12.2. The molecule has 2 heterocycles. The molecule has 3 rings (SSSR count). The van der Waals surface area contributed by atoms with Crippen LogP contribution >= 0.6 is 23.2 Å². The Kier molecular flexibility index (Phi) is 4.63. The number of carbonyl (C=O) groups excluding carboxylic acids is 1. The van der Waals surface area contributed by atoms with Gasteiger partial charge < -0.3 is 0 Å². The number of halogens is 2. The van der Waals surface area contributed by atoms with E-state index in [2.05, 4.69) is 25.6 Å². The van der Waals surface area contributed by atoms with E-state index < -0.39 is 16.5 Å². The molecule has 2 aromatic heterocycles. The van der Waals surface area contributed by atoms with Crippen LogP contribution in [0.1, 0.15) is 16.1 Å². The molecule has 0 atom stereocenters.